The molecule has 2 saturated carbocycles. The Morgan fingerprint density at radius 1 is 1.23 bits per heavy atom. The molecule has 0 radical (unpaired) electrons. The zero-order valence-electron chi connectivity index (χ0n) is 18.3. The average Bonchev–Trinajstić information content (AvgIpc) is 3.28. The second kappa shape index (κ2) is 9.11. The summed E-state index contributed by atoms with van der Waals surface area (Å²) >= 11 is 0. The maximum absolute atomic E-state index is 9.96. The van der Waals surface area contributed by atoms with E-state index < -0.39 is 0 Å². The lowest BCUT2D eigenvalue weighted by Gasteiger charge is -2.49. The fraction of sp³-hybridized carbons (Fsp3) is 0.542. The smallest absolute Gasteiger partial charge is 0.224 e. The van der Waals surface area contributed by atoms with Gasteiger partial charge in [-0.1, -0.05) is 26.0 Å². The van der Waals surface area contributed by atoms with Crippen LogP contribution in [0.25, 0.3) is 0 Å². The molecule has 0 amide bonds. The van der Waals surface area contributed by atoms with Gasteiger partial charge in [-0.3, -0.25) is 0 Å². The third-order valence-electron chi connectivity index (χ3n) is 6.66. The first-order chi connectivity index (χ1) is 15.0. The molecule has 2 atom stereocenters. The highest BCUT2D eigenvalue weighted by atomic mass is 16.5. The number of nitriles is 1. The van der Waals surface area contributed by atoms with Gasteiger partial charge in [0, 0.05) is 18.0 Å². The van der Waals surface area contributed by atoms with Gasteiger partial charge in [0.05, 0.1) is 18.4 Å². The first-order valence-electron chi connectivity index (χ1n) is 11.2. The van der Waals surface area contributed by atoms with Crippen LogP contribution in [0.5, 0.6) is 5.75 Å². The van der Waals surface area contributed by atoms with Gasteiger partial charge in [-0.2, -0.15) is 10.2 Å². The molecule has 0 bridgehead atoms. The van der Waals surface area contributed by atoms with Gasteiger partial charge in [0.15, 0.2) is 0 Å². The number of nitrogens with one attached hydrogen (secondary N) is 2. The van der Waals surface area contributed by atoms with Gasteiger partial charge in [-0.25, -0.2) is 4.98 Å². The van der Waals surface area contributed by atoms with E-state index in [4.69, 9.17) is 4.74 Å². The van der Waals surface area contributed by atoms with Gasteiger partial charge in [-0.05, 0) is 56.2 Å². The molecule has 2 fully saturated rings. The standard InChI is InChI=1S/C24H31N5O2/c1-24(2)20(13-21(24)30)28-22-17(14-25)15-27-23(29-22)26-12-11-16-7-9-19(10-8-16)31-18-5-3-4-6-18/h7-10,15,18,20-21,30H,3-6,11-13H2,1-2H3,(H2,26,27,28,29)/t20-,21+/m0/s1. The van der Waals surface area contributed by atoms with Crippen LogP contribution in [0.3, 0.4) is 0 Å². The van der Waals surface area contributed by atoms with Crippen molar-refractivity contribution < 1.29 is 9.84 Å². The van der Waals surface area contributed by atoms with E-state index in [2.05, 4.69) is 38.8 Å². The van der Waals surface area contributed by atoms with Gasteiger partial charge in [0.1, 0.15) is 23.2 Å². The van der Waals surface area contributed by atoms with Crippen molar-refractivity contribution in [3.05, 3.63) is 41.6 Å². The number of anilines is 2. The molecule has 4 rings (SSSR count). The van der Waals surface area contributed by atoms with Gasteiger partial charge >= 0.3 is 0 Å². The van der Waals surface area contributed by atoms with Crippen LogP contribution < -0.4 is 15.4 Å². The molecule has 2 aliphatic rings. The molecule has 1 aromatic heterocycles. The Balaban J connectivity index is 1.31. The third-order valence-corrected chi connectivity index (χ3v) is 6.66. The first-order valence-corrected chi connectivity index (χ1v) is 11.2. The summed E-state index contributed by atoms with van der Waals surface area (Å²) in [7, 11) is 0. The molecular weight excluding hydrogens is 390 g/mol. The fourth-order valence-corrected chi connectivity index (χ4v) is 4.22. The van der Waals surface area contributed by atoms with Gasteiger partial charge in [0.25, 0.3) is 0 Å². The minimum atomic E-state index is -0.343. The number of hydrogen-bond donors (Lipinski definition) is 3. The Kier molecular flexibility index (Phi) is 6.28. The highest BCUT2D eigenvalue weighted by Gasteiger charge is 2.47. The number of aliphatic hydroxyl groups excluding tert-OH is 1. The molecule has 0 unspecified atom stereocenters. The SMILES string of the molecule is CC1(C)[C@H](O)C[C@@H]1Nc1nc(NCCc2ccc(OC3CCCC3)cc2)ncc1C#N. The molecule has 0 spiro atoms. The highest BCUT2D eigenvalue weighted by molar-refractivity contribution is 5.54. The number of ether oxygens (including phenoxy) is 1. The number of aliphatic hydroxyl groups is 1. The maximum atomic E-state index is 9.96. The van der Waals surface area contributed by atoms with Crippen molar-refractivity contribution in [3.63, 3.8) is 0 Å². The zero-order chi connectivity index (χ0) is 21.8. The second-order valence-electron chi connectivity index (χ2n) is 9.18. The molecule has 0 aliphatic heterocycles. The number of hydrogen-bond acceptors (Lipinski definition) is 7. The minimum absolute atomic E-state index is 0.0716. The normalized spacial score (nSPS) is 22.4. The fourth-order valence-electron chi connectivity index (χ4n) is 4.22. The molecule has 164 valence electrons. The Hall–Kier alpha value is -2.85. The summed E-state index contributed by atoms with van der Waals surface area (Å²) in [5.41, 5.74) is 1.36. The van der Waals surface area contributed by atoms with Crippen LogP contribution in [-0.4, -0.2) is 39.9 Å². The summed E-state index contributed by atoms with van der Waals surface area (Å²) in [5, 5.41) is 25.9. The number of benzene rings is 1. The van der Waals surface area contributed by atoms with Crippen LogP contribution in [0, 0.1) is 16.7 Å². The van der Waals surface area contributed by atoms with Crippen molar-refractivity contribution in [1.29, 1.82) is 5.26 Å². The van der Waals surface area contributed by atoms with Crippen molar-refractivity contribution in [2.75, 3.05) is 17.2 Å². The van der Waals surface area contributed by atoms with E-state index in [9.17, 15) is 10.4 Å². The Morgan fingerprint density at radius 3 is 2.61 bits per heavy atom. The van der Waals surface area contributed by atoms with Crippen molar-refractivity contribution in [3.8, 4) is 11.8 Å². The average molecular weight is 422 g/mol. The van der Waals surface area contributed by atoms with Gasteiger partial charge < -0.3 is 20.5 Å². The van der Waals surface area contributed by atoms with E-state index in [1.165, 1.54) is 24.6 Å². The molecule has 7 nitrogen and oxygen atoms in total. The Labute approximate surface area is 183 Å². The van der Waals surface area contributed by atoms with Crippen LogP contribution in [0.4, 0.5) is 11.8 Å². The molecule has 1 heterocycles. The highest BCUT2D eigenvalue weighted by Crippen LogP contribution is 2.42. The van der Waals surface area contributed by atoms with Crippen LogP contribution in [0.1, 0.15) is 57.1 Å². The van der Waals surface area contributed by atoms with Crippen molar-refractivity contribution in [1.82, 2.24) is 9.97 Å². The Morgan fingerprint density at radius 2 is 1.97 bits per heavy atom. The molecule has 7 heteroatoms. The summed E-state index contributed by atoms with van der Waals surface area (Å²) in [6.07, 6.45) is 7.89. The lowest BCUT2D eigenvalue weighted by molar-refractivity contribution is -0.0511. The maximum Gasteiger partial charge on any atom is 0.224 e. The third kappa shape index (κ3) is 4.91. The monoisotopic (exact) mass is 421 g/mol. The van der Waals surface area contributed by atoms with E-state index in [1.54, 1.807) is 0 Å². The molecule has 0 saturated heterocycles. The van der Waals surface area contributed by atoms with E-state index in [0.717, 1.165) is 25.0 Å². The summed E-state index contributed by atoms with van der Waals surface area (Å²) < 4.78 is 6.02. The zero-order valence-corrected chi connectivity index (χ0v) is 18.3. The predicted molar refractivity (Wildman–Crippen MR) is 120 cm³/mol. The topological polar surface area (TPSA) is 103 Å². The van der Waals surface area contributed by atoms with Crippen molar-refractivity contribution in [2.45, 2.75) is 70.6 Å². The molecule has 3 N–H and O–H groups in total. The summed E-state index contributed by atoms with van der Waals surface area (Å²) in [6.45, 7) is 4.70. The van der Waals surface area contributed by atoms with Crippen LogP contribution >= 0.6 is 0 Å². The van der Waals surface area contributed by atoms with E-state index in [1.807, 2.05) is 26.0 Å². The number of aromatic nitrogens is 2. The van der Waals surface area contributed by atoms with E-state index in [-0.39, 0.29) is 17.6 Å². The summed E-state index contributed by atoms with van der Waals surface area (Å²) in [5.74, 6) is 1.94. The molecule has 2 aliphatic carbocycles. The summed E-state index contributed by atoms with van der Waals surface area (Å²) in [4.78, 5) is 8.76. The van der Waals surface area contributed by atoms with Gasteiger partial charge in [-0.15, -0.1) is 0 Å². The van der Waals surface area contributed by atoms with Crippen molar-refractivity contribution >= 4 is 11.8 Å². The van der Waals surface area contributed by atoms with Crippen LogP contribution in [-0.2, 0) is 6.42 Å². The van der Waals surface area contributed by atoms with Crippen molar-refractivity contribution in [2.24, 2.45) is 5.41 Å². The molecule has 2 aromatic rings. The lowest BCUT2D eigenvalue weighted by atomic mass is 9.64. The first kappa shape index (κ1) is 21.4. The number of rotatable bonds is 8. The number of nitrogens with zero attached hydrogens (tertiary/aromatic N) is 3. The molecular formula is C24H31N5O2. The predicted octanol–water partition coefficient (Wildman–Crippen LogP) is 3.90. The minimum Gasteiger partial charge on any atom is -0.490 e. The van der Waals surface area contributed by atoms with Crippen LogP contribution in [0.2, 0.25) is 0 Å². The summed E-state index contributed by atoms with van der Waals surface area (Å²) in [6, 6.07) is 10.5. The lowest BCUT2D eigenvalue weighted by Crippen LogP contribution is -2.57. The molecule has 31 heavy (non-hydrogen) atoms. The van der Waals surface area contributed by atoms with E-state index in [0.29, 0.717) is 36.4 Å². The second-order valence-corrected chi connectivity index (χ2v) is 9.18. The Bertz CT molecular complexity index is 932. The molecule has 1 aromatic carbocycles. The van der Waals surface area contributed by atoms with Crippen LogP contribution in [0.15, 0.2) is 30.5 Å². The largest absolute Gasteiger partial charge is 0.490 e. The van der Waals surface area contributed by atoms with E-state index >= 15 is 0 Å². The van der Waals surface area contributed by atoms with Gasteiger partial charge in [0.2, 0.25) is 5.95 Å². The quantitative estimate of drug-likeness (QED) is 0.594.